The Morgan fingerprint density at radius 3 is 2.71 bits per heavy atom. The van der Waals surface area contributed by atoms with Crippen LogP contribution in [-0.4, -0.2) is 41.8 Å². The van der Waals surface area contributed by atoms with Crippen molar-refractivity contribution in [2.75, 3.05) is 19.7 Å². The van der Waals surface area contributed by atoms with Crippen LogP contribution in [-0.2, 0) is 0 Å². The first-order valence-electron chi connectivity index (χ1n) is 7.80. The Hall–Kier alpha value is -1.57. The zero-order valence-electron chi connectivity index (χ0n) is 12.2. The van der Waals surface area contributed by atoms with Crippen LogP contribution < -0.4 is 4.74 Å². The number of aliphatic hydroxyl groups is 1. The van der Waals surface area contributed by atoms with Gasteiger partial charge in [-0.25, -0.2) is 0 Å². The van der Waals surface area contributed by atoms with E-state index in [4.69, 9.17) is 10.00 Å². The zero-order valence-corrected chi connectivity index (χ0v) is 12.2. The van der Waals surface area contributed by atoms with Gasteiger partial charge in [-0.05, 0) is 43.7 Å². The van der Waals surface area contributed by atoms with Crippen molar-refractivity contribution in [3.63, 3.8) is 0 Å². The van der Waals surface area contributed by atoms with Gasteiger partial charge in [0.05, 0.1) is 5.56 Å². The number of rotatable bonds is 8. The minimum atomic E-state index is -0.504. The first-order valence-corrected chi connectivity index (χ1v) is 7.80. The van der Waals surface area contributed by atoms with Crippen LogP contribution in [0.2, 0.25) is 0 Å². The molecule has 0 spiro atoms. The molecule has 0 radical (unpaired) electrons. The second-order valence-electron chi connectivity index (χ2n) is 6.20. The first kappa shape index (κ1) is 14.4. The molecule has 1 aromatic rings. The standard InChI is InChI=1S/C17H22N2O2/c18-9-14-3-1-2-4-17(14)21-12-16(20)11-19(15-7-8-15)10-13-5-6-13/h1-4,13,15-16,20H,5-8,10-12H2. The van der Waals surface area contributed by atoms with Gasteiger partial charge in [0.25, 0.3) is 0 Å². The average Bonchev–Trinajstić information content (AvgIpc) is 3.37. The third-order valence-corrected chi connectivity index (χ3v) is 4.14. The van der Waals surface area contributed by atoms with Gasteiger partial charge in [-0.15, -0.1) is 0 Å². The monoisotopic (exact) mass is 286 g/mol. The Balaban J connectivity index is 1.48. The average molecular weight is 286 g/mol. The summed E-state index contributed by atoms with van der Waals surface area (Å²) >= 11 is 0. The second-order valence-corrected chi connectivity index (χ2v) is 6.20. The number of hydrogen-bond acceptors (Lipinski definition) is 4. The van der Waals surface area contributed by atoms with Crippen molar-refractivity contribution in [3.8, 4) is 11.8 Å². The molecule has 2 saturated carbocycles. The Bertz CT molecular complexity index is 518. The molecule has 4 heteroatoms. The summed E-state index contributed by atoms with van der Waals surface area (Å²) < 4.78 is 5.61. The van der Waals surface area contributed by atoms with Crippen LogP contribution in [0.5, 0.6) is 5.75 Å². The van der Waals surface area contributed by atoms with E-state index in [9.17, 15) is 5.11 Å². The summed E-state index contributed by atoms with van der Waals surface area (Å²) in [6.45, 7) is 2.04. The molecule has 1 atom stereocenters. The molecule has 1 unspecified atom stereocenters. The molecule has 0 aliphatic heterocycles. The van der Waals surface area contributed by atoms with Crippen LogP contribution in [0.3, 0.4) is 0 Å². The lowest BCUT2D eigenvalue weighted by atomic mass is 10.2. The van der Waals surface area contributed by atoms with E-state index in [0.717, 1.165) is 12.5 Å². The van der Waals surface area contributed by atoms with Gasteiger partial charge in [0.15, 0.2) is 0 Å². The Morgan fingerprint density at radius 2 is 2.05 bits per heavy atom. The quantitative estimate of drug-likeness (QED) is 0.796. The summed E-state index contributed by atoms with van der Waals surface area (Å²) in [5.41, 5.74) is 0.515. The van der Waals surface area contributed by atoms with Gasteiger partial charge in [0.2, 0.25) is 0 Å². The summed E-state index contributed by atoms with van der Waals surface area (Å²) in [6.07, 6.45) is 4.70. The number of para-hydroxylation sites is 1. The third kappa shape index (κ3) is 4.20. The van der Waals surface area contributed by atoms with Gasteiger partial charge in [-0.2, -0.15) is 5.26 Å². The summed E-state index contributed by atoms with van der Waals surface area (Å²) in [7, 11) is 0. The molecule has 0 saturated heterocycles. The fourth-order valence-corrected chi connectivity index (χ4v) is 2.64. The van der Waals surface area contributed by atoms with E-state index in [0.29, 0.717) is 23.9 Å². The van der Waals surface area contributed by atoms with Gasteiger partial charge in [0.1, 0.15) is 24.5 Å². The molecule has 21 heavy (non-hydrogen) atoms. The largest absolute Gasteiger partial charge is 0.489 e. The highest BCUT2D eigenvalue weighted by Crippen LogP contribution is 2.34. The number of nitriles is 1. The van der Waals surface area contributed by atoms with Gasteiger partial charge < -0.3 is 9.84 Å². The predicted octanol–water partition coefficient (Wildman–Crippen LogP) is 2.17. The van der Waals surface area contributed by atoms with Crippen LogP contribution in [0.4, 0.5) is 0 Å². The van der Waals surface area contributed by atoms with Crippen molar-refractivity contribution in [3.05, 3.63) is 29.8 Å². The van der Waals surface area contributed by atoms with Crippen molar-refractivity contribution in [1.82, 2.24) is 4.90 Å². The van der Waals surface area contributed by atoms with Crippen molar-refractivity contribution in [1.29, 1.82) is 5.26 Å². The predicted molar refractivity (Wildman–Crippen MR) is 80.0 cm³/mol. The van der Waals surface area contributed by atoms with E-state index in [-0.39, 0.29) is 6.61 Å². The molecule has 1 N–H and O–H groups in total. The Kier molecular flexibility index (Phi) is 4.42. The maximum absolute atomic E-state index is 10.2. The van der Waals surface area contributed by atoms with E-state index in [2.05, 4.69) is 11.0 Å². The first-order chi connectivity index (χ1) is 10.3. The molecule has 2 aliphatic rings. The molecule has 0 amide bonds. The van der Waals surface area contributed by atoms with Crippen LogP contribution >= 0.6 is 0 Å². The van der Waals surface area contributed by atoms with E-state index in [1.54, 1.807) is 12.1 Å². The molecule has 0 aromatic heterocycles. The highest BCUT2D eigenvalue weighted by molar-refractivity contribution is 5.42. The molecule has 112 valence electrons. The van der Waals surface area contributed by atoms with Gasteiger partial charge in [-0.3, -0.25) is 4.90 Å². The van der Waals surface area contributed by atoms with Crippen molar-refractivity contribution in [2.45, 2.75) is 37.8 Å². The fourth-order valence-electron chi connectivity index (χ4n) is 2.64. The Labute approximate surface area is 125 Å². The van der Waals surface area contributed by atoms with Crippen LogP contribution in [0.1, 0.15) is 31.2 Å². The van der Waals surface area contributed by atoms with E-state index in [1.165, 1.54) is 25.7 Å². The normalized spacial score (nSPS) is 19.3. The zero-order chi connectivity index (χ0) is 14.7. The number of ether oxygens (including phenoxy) is 1. The summed E-state index contributed by atoms with van der Waals surface area (Å²) in [5, 5.41) is 19.2. The maximum Gasteiger partial charge on any atom is 0.137 e. The lowest BCUT2D eigenvalue weighted by Crippen LogP contribution is -2.38. The summed E-state index contributed by atoms with van der Waals surface area (Å²) in [4.78, 5) is 2.42. The van der Waals surface area contributed by atoms with Gasteiger partial charge in [0, 0.05) is 19.1 Å². The molecule has 0 bridgehead atoms. The fraction of sp³-hybridized carbons (Fsp3) is 0.588. The third-order valence-electron chi connectivity index (χ3n) is 4.14. The van der Waals surface area contributed by atoms with E-state index >= 15 is 0 Å². The van der Waals surface area contributed by atoms with Crippen LogP contribution in [0.25, 0.3) is 0 Å². The van der Waals surface area contributed by atoms with E-state index < -0.39 is 6.10 Å². The molecule has 2 aliphatic carbocycles. The highest BCUT2D eigenvalue weighted by Gasteiger charge is 2.34. The lowest BCUT2D eigenvalue weighted by Gasteiger charge is -2.25. The minimum Gasteiger partial charge on any atom is -0.489 e. The van der Waals surface area contributed by atoms with Gasteiger partial charge in [-0.1, -0.05) is 12.1 Å². The topological polar surface area (TPSA) is 56.5 Å². The highest BCUT2D eigenvalue weighted by atomic mass is 16.5. The smallest absolute Gasteiger partial charge is 0.137 e. The summed E-state index contributed by atoms with van der Waals surface area (Å²) in [5.74, 6) is 1.40. The minimum absolute atomic E-state index is 0.243. The Morgan fingerprint density at radius 1 is 1.29 bits per heavy atom. The molecule has 3 rings (SSSR count). The number of hydrogen-bond donors (Lipinski definition) is 1. The SMILES string of the molecule is N#Cc1ccccc1OCC(O)CN(CC1CC1)C1CC1. The van der Waals surface area contributed by atoms with Crippen molar-refractivity contribution in [2.24, 2.45) is 5.92 Å². The molecule has 4 nitrogen and oxygen atoms in total. The van der Waals surface area contributed by atoms with Crippen molar-refractivity contribution >= 4 is 0 Å². The molecule has 0 heterocycles. The second kappa shape index (κ2) is 6.46. The lowest BCUT2D eigenvalue weighted by molar-refractivity contribution is 0.0636. The van der Waals surface area contributed by atoms with Crippen LogP contribution in [0, 0.1) is 17.2 Å². The molecular weight excluding hydrogens is 264 g/mol. The number of nitrogens with zero attached hydrogens (tertiary/aromatic N) is 2. The molecule has 1 aromatic carbocycles. The van der Waals surface area contributed by atoms with Gasteiger partial charge >= 0.3 is 0 Å². The maximum atomic E-state index is 10.2. The van der Waals surface area contributed by atoms with Crippen molar-refractivity contribution < 1.29 is 9.84 Å². The molecule has 2 fully saturated rings. The molecular formula is C17H22N2O2. The van der Waals surface area contributed by atoms with Crippen LogP contribution in [0.15, 0.2) is 24.3 Å². The number of benzene rings is 1. The number of aliphatic hydroxyl groups excluding tert-OH is 1. The summed E-state index contributed by atoms with van der Waals surface area (Å²) in [6, 6.07) is 9.93. The van der Waals surface area contributed by atoms with E-state index in [1.807, 2.05) is 12.1 Å².